The van der Waals surface area contributed by atoms with Crippen LogP contribution in [0, 0.1) is 0 Å². The molecule has 4 rings (SSSR count). The van der Waals surface area contributed by atoms with Gasteiger partial charge in [0, 0.05) is 62.2 Å². The summed E-state index contributed by atoms with van der Waals surface area (Å²) in [6, 6.07) is 7.42. The summed E-state index contributed by atoms with van der Waals surface area (Å²) in [6.45, 7) is 1.75. The Bertz CT molecular complexity index is 755. The number of hydrogen-bond donors (Lipinski definition) is 0. The Labute approximate surface area is 174 Å². The lowest BCUT2D eigenvalue weighted by Crippen LogP contribution is -2.40. The molecule has 0 aromatic heterocycles. The molecular weight excluding hydrogens is 366 g/mol. The summed E-state index contributed by atoms with van der Waals surface area (Å²) in [5.74, 6) is 1.72. The Morgan fingerprint density at radius 1 is 1.07 bits per heavy atom. The third kappa shape index (κ3) is 4.08. The van der Waals surface area contributed by atoms with E-state index in [0.717, 1.165) is 49.5 Å². The van der Waals surface area contributed by atoms with Crippen LogP contribution in [-0.2, 0) is 4.79 Å². The van der Waals surface area contributed by atoms with Crippen molar-refractivity contribution >= 4 is 11.6 Å². The molecule has 0 spiro atoms. The van der Waals surface area contributed by atoms with Gasteiger partial charge in [-0.15, -0.1) is 0 Å². The Morgan fingerprint density at radius 3 is 2.28 bits per heavy atom. The molecule has 3 saturated heterocycles. The summed E-state index contributed by atoms with van der Waals surface area (Å²) in [7, 11) is 7.51. The fraction of sp³-hybridized carbons (Fsp3) is 0.609. The number of methoxy groups -OCH3 is 2. The maximum atomic E-state index is 12.9. The number of benzene rings is 1. The van der Waals surface area contributed by atoms with E-state index in [0.29, 0.717) is 12.1 Å². The van der Waals surface area contributed by atoms with Crippen LogP contribution in [0.25, 0.3) is 0 Å². The maximum Gasteiger partial charge on any atom is 0.246 e. The van der Waals surface area contributed by atoms with Crippen molar-refractivity contribution in [1.29, 1.82) is 0 Å². The number of likely N-dealkylation sites (N-methyl/N-ethyl adjacent to an activating group) is 1. The molecule has 0 radical (unpaired) electrons. The number of fused-ring (bicyclic) bond motifs is 2. The van der Waals surface area contributed by atoms with E-state index < -0.39 is 0 Å². The van der Waals surface area contributed by atoms with Gasteiger partial charge in [-0.3, -0.25) is 9.69 Å². The van der Waals surface area contributed by atoms with Crippen LogP contribution >= 0.6 is 0 Å². The molecule has 3 atom stereocenters. The Kier molecular flexibility index (Phi) is 5.72. The SMILES string of the molecule is COc1cc(OC)cc(N2CCC(N(C)C(=O)C=C3CC4CCC(C3)N4C)C2)c1. The van der Waals surface area contributed by atoms with E-state index in [1.807, 2.05) is 36.2 Å². The lowest BCUT2D eigenvalue weighted by atomic mass is 9.96. The van der Waals surface area contributed by atoms with Gasteiger partial charge in [0.2, 0.25) is 5.91 Å². The summed E-state index contributed by atoms with van der Waals surface area (Å²) in [6.07, 6.45) is 7.53. The molecule has 0 aliphatic carbocycles. The fourth-order valence-corrected chi connectivity index (χ4v) is 5.11. The van der Waals surface area contributed by atoms with Gasteiger partial charge in [-0.2, -0.15) is 0 Å². The third-order valence-corrected chi connectivity index (χ3v) is 7.07. The van der Waals surface area contributed by atoms with Crippen LogP contribution in [-0.4, -0.2) is 75.2 Å². The third-order valence-electron chi connectivity index (χ3n) is 7.07. The van der Waals surface area contributed by atoms with Crippen LogP contribution in [0.2, 0.25) is 0 Å². The number of nitrogens with zero attached hydrogens (tertiary/aromatic N) is 3. The molecule has 3 heterocycles. The molecule has 3 aliphatic rings. The Balaban J connectivity index is 1.40. The van der Waals surface area contributed by atoms with Crippen molar-refractivity contribution in [3.63, 3.8) is 0 Å². The first-order valence-corrected chi connectivity index (χ1v) is 10.6. The lowest BCUT2D eigenvalue weighted by Gasteiger charge is -2.33. The monoisotopic (exact) mass is 399 g/mol. The van der Waals surface area contributed by atoms with Gasteiger partial charge in [0.1, 0.15) is 11.5 Å². The Hall–Kier alpha value is -2.21. The highest BCUT2D eigenvalue weighted by Gasteiger charge is 2.36. The highest BCUT2D eigenvalue weighted by atomic mass is 16.5. The zero-order valence-electron chi connectivity index (χ0n) is 18.1. The molecule has 1 aromatic carbocycles. The minimum atomic E-state index is 0.152. The van der Waals surface area contributed by atoms with Gasteiger partial charge in [-0.25, -0.2) is 0 Å². The van der Waals surface area contributed by atoms with Crippen LogP contribution in [0.4, 0.5) is 5.69 Å². The van der Waals surface area contributed by atoms with E-state index in [1.165, 1.54) is 18.4 Å². The lowest BCUT2D eigenvalue weighted by molar-refractivity contribution is -0.126. The van der Waals surface area contributed by atoms with E-state index in [4.69, 9.17) is 9.47 Å². The van der Waals surface area contributed by atoms with Crippen LogP contribution in [0.3, 0.4) is 0 Å². The van der Waals surface area contributed by atoms with Crippen molar-refractivity contribution in [1.82, 2.24) is 9.80 Å². The summed E-state index contributed by atoms with van der Waals surface area (Å²) in [4.78, 5) is 19.7. The second-order valence-corrected chi connectivity index (χ2v) is 8.67. The minimum absolute atomic E-state index is 0.152. The van der Waals surface area contributed by atoms with E-state index in [1.54, 1.807) is 14.2 Å². The highest BCUT2D eigenvalue weighted by molar-refractivity contribution is 5.88. The largest absolute Gasteiger partial charge is 0.497 e. The molecule has 1 amide bonds. The molecule has 6 nitrogen and oxygen atoms in total. The predicted molar refractivity (Wildman–Crippen MR) is 115 cm³/mol. The molecule has 3 fully saturated rings. The van der Waals surface area contributed by atoms with E-state index in [2.05, 4.69) is 16.8 Å². The van der Waals surface area contributed by atoms with Crippen molar-refractivity contribution in [3.8, 4) is 11.5 Å². The number of rotatable bonds is 5. The molecule has 2 bridgehead atoms. The minimum Gasteiger partial charge on any atom is -0.497 e. The first-order chi connectivity index (χ1) is 14.0. The molecule has 3 aliphatic heterocycles. The molecule has 158 valence electrons. The van der Waals surface area contributed by atoms with E-state index in [9.17, 15) is 4.79 Å². The number of ether oxygens (including phenoxy) is 2. The number of carbonyl (C=O) groups excluding carboxylic acids is 1. The van der Waals surface area contributed by atoms with Crippen molar-refractivity contribution in [3.05, 3.63) is 29.8 Å². The first kappa shape index (κ1) is 20.1. The molecule has 29 heavy (non-hydrogen) atoms. The normalized spacial score (nSPS) is 26.6. The molecule has 0 N–H and O–H groups in total. The number of piperidine rings is 1. The van der Waals surface area contributed by atoms with Gasteiger partial charge < -0.3 is 19.3 Å². The maximum absolute atomic E-state index is 12.9. The average molecular weight is 400 g/mol. The van der Waals surface area contributed by atoms with Gasteiger partial charge in [-0.05, 0) is 39.2 Å². The van der Waals surface area contributed by atoms with Crippen LogP contribution in [0.5, 0.6) is 11.5 Å². The van der Waals surface area contributed by atoms with Crippen LogP contribution < -0.4 is 14.4 Å². The summed E-state index contributed by atoms with van der Waals surface area (Å²) in [5, 5.41) is 0. The second-order valence-electron chi connectivity index (χ2n) is 8.67. The van der Waals surface area contributed by atoms with Gasteiger partial charge >= 0.3 is 0 Å². The van der Waals surface area contributed by atoms with Crippen LogP contribution in [0.1, 0.15) is 32.1 Å². The molecule has 1 aromatic rings. The second kappa shape index (κ2) is 8.27. The quantitative estimate of drug-likeness (QED) is 0.713. The van der Waals surface area contributed by atoms with Gasteiger partial charge in [0.25, 0.3) is 0 Å². The number of amides is 1. The van der Waals surface area contributed by atoms with Gasteiger partial charge in [0.15, 0.2) is 0 Å². The van der Waals surface area contributed by atoms with Crippen molar-refractivity contribution < 1.29 is 14.3 Å². The smallest absolute Gasteiger partial charge is 0.246 e. The zero-order valence-corrected chi connectivity index (χ0v) is 18.1. The molecular formula is C23H33N3O3. The van der Waals surface area contributed by atoms with Crippen molar-refractivity contribution in [2.24, 2.45) is 0 Å². The molecule has 6 heteroatoms. The first-order valence-electron chi connectivity index (χ1n) is 10.6. The summed E-state index contributed by atoms with van der Waals surface area (Å²) < 4.78 is 10.8. The highest BCUT2D eigenvalue weighted by Crippen LogP contribution is 2.37. The molecule has 3 unspecified atom stereocenters. The van der Waals surface area contributed by atoms with Crippen LogP contribution in [0.15, 0.2) is 29.8 Å². The fourth-order valence-electron chi connectivity index (χ4n) is 5.11. The number of hydrogen-bond acceptors (Lipinski definition) is 5. The predicted octanol–water partition coefficient (Wildman–Crippen LogP) is 2.92. The van der Waals surface area contributed by atoms with E-state index in [-0.39, 0.29) is 11.9 Å². The topological polar surface area (TPSA) is 45.3 Å². The Morgan fingerprint density at radius 2 is 1.69 bits per heavy atom. The average Bonchev–Trinajstić information content (AvgIpc) is 3.29. The van der Waals surface area contributed by atoms with E-state index >= 15 is 0 Å². The van der Waals surface area contributed by atoms with Crippen molar-refractivity contribution in [2.45, 2.75) is 50.2 Å². The summed E-state index contributed by atoms with van der Waals surface area (Å²) >= 11 is 0. The standard InChI is InChI=1S/C23H33N3O3/c1-24-17-5-6-18(24)10-16(9-17)11-23(27)25(2)19-7-8-26(15-19)20-12-21(28-3)14-22(13-20)29-4/h11-14,17-19H,5-10,15H2,1-4H3. The van der Waals surface area contributed by atoms with Gasteiger partial charge in [-0.1, -0.05) is 5.57 Å². The summed E-state index contributed by atoms with van der Waals surface area (Å²) in [5.41, 5.74) is 2.41. The van der Waals surface area contributed by atoms with Crippen molar-refractivity contribution in [2.75, 3.05) is 46.3 Å². The van der Waals surface area contributed by atoms with Gasteiger partial charge in [0.05, 0.1) is 20.3 Å². The number of anilines is 1. The molecule has 0 saturated carbocycles. The number of carbonyl (C=O) groups is 1. The zero-order chi connectivity index (χ0) is 20.5.